The van der Waals surface area contributed by atoms with Crippen molar-refractivity contribution in [2.75, 3.05) is 0 Å². The highest BCUT2D eigenvalue weighted by molar-refractivity contribution is 5.33. The molecule has 19 heavy (non-hydrogen) atoms. The minimum absolute atomic E-state index is 0.00978. The van der Waals surface area contributed by atoms with Gasteiger partial charge >= 0.3 is 0 Å². The predicted octanol–water partition coefficient (Wildman–Crippen LogP) is 4.75. The first-order chi connectivity index (χ1) is 8.94. The molecule has 2 N–H and O–H groups in total. The van der Waals surface area contributed by atoms with E-state index < -0.39 is 0 Å². The second-order valence-electron chi connectivity index (χ2n) is 6.26. The Balaban J connectivity index is 2.36. The molecule has 104 valence electrons. The molecule has 0 aromatic carbocycles. The van der Waals surface area contributed by atoms with Gasteiger partial charge in [-0.25, -0.2) is 0 Å². The molecule has 0 radical (unpaired) electrons. The first-order valence-electron chi connectivity index (χ1n) is 7.28. The number of nitrogens with one attached hydrogen (secondary N) is 2. The molecule has 2 heterocycles. The van der Waals surface area contributed by atoms with Gasteiger partial charge in [0.25, 0.3) is 0 Å². The van der Waals surface area contributed by atoms with Crippen molar-refractivity contribution in [1.82, 2.24) is 9.97 Å². The quantitative estimate of drug-likeness (QED) is 0.776. The van der Waals surface area contributed by atoms with E-state index in [1.54, 1.807) is 0 Å². The van der Waals surface area contributed by atoms with Gasteiger partial charge in [-0.2, -0.15) is 0 Å². The number of aromatic amines is 2. The minimum Gasteiger partial charge on any atom is -0.364 e. The molecule has 0 atom stereocenters. The average molecular weight is 258 g/mol. The Morgan fingerprint density at radius 3 is 2.05 bits per heavy atom. The maximum atomic E-state index is 3.66. The van der Waals surface area contributed by atoms with Crippen molar-refractivity contribution < 1.29 is 0 Å². The van der Waals surface area contributed by atoms with Gasteiger partial charge in [0.2, 0.25) is 0 Å². The van der Waals surface area contributed by atoms with E-state index in [1.807, 2.05) is 6.20 Å². The zero-order valence-corrected chi connectivity index (χ0v) is 12.8. The summed E-state index contributed by atoms with van der Waals surface area (Å²) in [4.78, 5) is 7.00. The van der Waals surface area contributed by atoms with Gasteiger partial charge in [-0.15, -0.1) is 0 Å². The SMILES string of the molecule is CCC(C)(CC)c1ccc(C(C)(C)c2ccc[nH]2)[nH]1. The molecule has 0 unspecified atom stereocenters. The van der Waals surface area contributed by atoms with Crippen LogP contribution in [0.1, 0.15) is 64.5 Å². The van der Waals surface area contributed by atoms with Crippen molar-refractivity contribution in [1.29, 1.82) is 0 Å². The molecule has 0 fully saturated rings. The Labute approximate surface area is 116 Å². The van der Waals surface area contributed by atoms with Crippen LogP contribution in [0.15, 0.2) is 30.5 Å². The standard InChI is InChI=1S/C17H26N2/c1-6-17(5,7-2)15-11-10-14(19-15)16(3,4)13-9-8-12-18-13/h8-12,18-19H,6-7H2,1-5H3. The highest BCUT2D eigenvalue weighted by Crippen LogP contribution is 2.34. The summed E-state index contributed by atoms with van der Waals surface area (Å²) in [6.45, 7) is 11.4. The molecule has 0 bridgehead atoms. The highest BCUT2D eigenvalue weighted by atomic mass is 14.8. The second kappa shape index (κ2) is 4.92. The maximum absolute atomic E-state index is 3.66. The fraction of sp³-hybridized carbons (Fsp3) is 0.529. The Morgan fingerprint density at radius 1 is 0.895 bits per heavy atom. The van der Waals surface area contributed by atoms with Crippen LogP contribution in [0.5, 0.6) is 0 Å². The molecule has 2 aromatic heterocycles. The van der Waals surface area contributed by atoms with Gasteiger partial charge < -0.3 is 9.97 Å². The monoisotopic (exact) mass is 258 g/mol. The van der Waals surface area contributed by atoms with Gasteiger partial charge in [-0.1, -0.05) is 20.8 Å². The summed E-state index contributed by atoms with van der Waals surface area (Å²) in [6, 6.07) is 8.70. The molecule has 2 aromatic rings. The fourth-order valence-corrected chi connectivity index (χ4v) is 2.61. The number of aromatic nitrogens is 2. The van der Waals surface area contributed by atoms with Crippen molar-refractivity contribution in [3.05, 3.63) is 47.5 Å². The van der Waals surface area contributed by atoms with Crippen LogP contribution in [0, 0.1) is 0 Å². The second-order valence-corrected chi connectivity index (χ2v) is 6.26. The third kappa shape index (κ3) is 2.36. The van der Waals surface area contributed by atoms with E-state index in [2.05, 4.69) is 68.9 Å². The largest absolute Gasteiger partial charge is 0.364 e. The van der Waals surface area contributed by atoms with Gasteiger partial charge in [0.15, 0.2) is 0 Å². The Morgan fingerprint density at radius 2 is 1.53 bits per heavy atom. The van der Waals surface area contributed by atoms with Crippen LogP contribution < -0.4 is 0 Å². The van der Waals surface area contributed by atoms with Crippen molar-refractivity contribution in [3.8, 4) is 0 Å². The van der Waals surface area contributed by atoms with Gasteiger partial charge in [0.1, 0.15) is 0 Å². The summed E-state index contributed by atoms with van der Waals surface area (Å²) in [5.74, 6) is 0. The number of H-pyrrole nitrogens is 2. The third-order valence-electron chi connectivity index (χ3n) is 4.84. The van der Waals surface area contributed by atoms with Crippen LogP contribution in [0.2, 0.25) is 0 Å². The van der Waals surface area contributed by atoms with Gasteiger partial charge in [0.05, 0.1) is 0 Å². The van der Waals surface area contributed by atoms with E-state index in [0.29, 0.717) is 0 Å². The smallest absolute Gasteiger partial charge is 0.0447 e. The first-order valence-corrected chi connectivity index (χ1v) is 7.28. The van der Waals surface area contributed by atoms with E-state index in [-0.39, 0.29) is 10.8 Å². The summed E-state index contributed by atoms with van der Waals surface area (Å²) < 4.78 is 0. The summed E-state index contributed by atoms with van der Waals surface area (Å²) >= 11 is 0. The predicted molar refractivity (Wildman–Crippen MR) is 81.6 cm³/mol. The number of rotatable bonds is 5. The van der Waals surface area contributed by atoms with Gasteiger partial charge in [0, 0.05) is 34.1 Å². The van der Waals surface area contributed by atoms with E-state index >= 15 is 0 Å². The number of hydrogen-bond acceptors (Lipinski definition) is 0. The topological polar surface area (TPSA) is 31.6 Å². The van der Waals surface area contributed by atoms with Crippen LogP contribution in [-0.2, 0) is 10.8 Å². The van der Waals surface area contributed by atoms with Gasteiger partial charge in [-0.3, -0.25) is 0 Å². The van der Waals surface area contributed by atoms with Crippen molar-refractivity contribution in [2.45, 2.75) is 58.3 Å². The molecule has 0 amide bonds. The Bertz CT molecular complexity index is 513. The zero-order chi connectivity index (χ0) is 14.1. The third-order valence-corrected chi connectivity index (χ3v) is 4.84. The Hall–Kier alpha value is -1.44. The molecule has 2 rings (SSSR count). The highest BCUT2D eigenvalue weighted by Gasteiger charge is 2.29. The van der Waals surface area contributed by atoms with E-state index in [9.17, 15) is 0 Å². The van der Waals surface area contributed by atoms with Crippen molar-refractivity contribution in [3.63, 3.8) is 0 Å². The van der Waals surface area contributed by atoms with Crippen molar-refractivity contribution >= 4 is 0 Å². The van der Waals surface area contributed by atoms with E-state index in [0.717, 1.165) is 12.8 Å². The van der Waals surface area contributed by atoms with Crippen LogP contribution in [-0.4, -0.2) is 9.97 Å². The van der Waals surface area contributed by atoms with Gasteiger partial charge in [-0.05, 0) is 51.0 Å². The lowest BCUT2D eigenvalue weighted by Gasteiger charge is -2.27. The summed E-state index contributed by atoms with van der Waals surface area (Å²) in [5.41, 5.74) is 4.12. The molecular weight excluding hydrogens is 232 g/mol. The molecule has 0 aliphatic heterocycles. The zero-order valence-electron chi connectivity index (χ0n) is 12.8. The summed E-state index contributed by atoms with van der Waals surface area (Å²) in [7, 11) is 0. The van der Waals surface area contributed by atoms with Crippen LogP contribution in [0.3, 0.4) is 0 Å². The molecular formula is C17H26N2. The molecule has 0 aliphatic carbocycles. The Kier molecular flexibility index (Phi) is 3.62. The van der Waals surface area contributed by atoms with Crippen LogP contribution in [0.25, 0.3) is 0 Å². The fourth-order valence-electron chi connectivity index (χ4n) is 2.61. The minimum atomic E-state index is -0.00978. The molecule has 2 nitrogen and oxygen atoms in total. The van der Waals surface area contributed by atoms with Crippen LogP contribution in [0.4, 0.5) is 0 Å². The normalized spacial score (nSPS) is 12.9. The molecule has 0 saturated carbocycles. The molecule has 0 spiro atoms. The lowest BCUT2D eigenvalue weighted by Crippen LogP contribution is -2.23. The summed E-state index contributed by atoms with van der Waals surface area (Å²) in [5, 5.41) is 0. The van der Waals surface area contributed by atoms with Crippen LogP contribution >= 0.6 is 0 Å². The van der Waals surface area contributed by atoms with E-state index in [4.69, 9.17) is 0 Å². The maximum Gasteiger partial charge on any atom is 0.0447 e. The average Bonchev–Trinajstić information content (AvgIpc) is 3.08. The molecule has 2 heteroatoms. The summed E-state index contributed by atoms with van der Waals surface area (Å²) in [6.07, 6.45) is 4.31. The number of hydrogen-bond donors (Lipinski definition) is 2. The van der Waals surface area contributed by atoms with Crippen molar-refractivity contribution in [2.24, 2.45) is 0 Å². The lowest BCUT2D eigenvalue weighted by atomic mass is 9.82. The molecule has 0 aliphatic rings. The van der Waals surface area contributed by atoms with E-state index in [1.165, 1.54) is 17.1 Å². The first kappa shape index (κ1) is 14.0. The lowest BCUT2D eigenvalue weighted by molar-refractivity contribution is 0.425. The molecule has 0 saturated heterocycles.